The van der Waals surface area contributed by atoms with Gasteiger partial charge in [-0.15, -0.1) is 0 Å². The van der Waals surface area contributed by atoms with Gasteiger partial charge in [-0.1, -0.05) is 11.6 Å². The molecule has 0 aliphatic carbocycles. The molecule has 2 fully saturated rings. The summed E-state index contributed by atoms with van der Waals surface area (Å²) in [4.78, 5) is 6.66. The van der Waals surface area contributed by atoms with Crippen molar-refractivity contribution in [3.05, 3.63) is 26.5 Å². The molecule has 0 bridgehead atoms. The molecule has 3 rings (SSSR count). The molecule has 2 aliphatic heterocycles. The van der Waals surface area contributed by atoms with Crippen molar-refractivity contribution < 1.29 is 0 Å². The molecule has 0 aromatic carbocycles. The number of nitrogens with one attached hydrogen (secondary N) is 1. The normalized spacial score (nSPS) is 26.9. The first-order valence-corrected chi connectivity index (χ1v) is 8.77. The van der Waals surface area contributed by atoms with Crippen LogP contribution in [0.1, 0.15) is 30.7 Å². The van der Waals surface area contributed by atoms with Crippen LogP contribution in [0.2, 0.25) is 5.15 Å². The predicted octanol–water partition coefficient (Wildman–Crippen LogP) is 3.13. The van der Waals surface area contributed by atoms with Crippen molar-refractivity contribution in [2.75, 3.05) is 33.2 Å². The molecule has 5 heteroatoms. The van der Waals surface area contributed by atoms with Crippen LogP contribution in [0.5, 0.6) is 0 Å². The van der Waals surface area contributed by atoms with E-state index in [1.807, 2.05) is 6.20 Å². The average Bonchev–Trinajstić information content (AvgIpc) is 2.46. The first-order valence-electron chi connectivity index (χ1n) is 7.31. The highest BCUT2D eigenvalue weighted by molar-refractivity contribution is 14.1. The molecule has 1 aromatic heterocycles. The van der Waals surface area contributed by atoms with Crippen molar-refractivity contribution in [3.63, 3.8) is 0 Å². The Hall–Kier alpha value is 0.0900. The van der Waals surface area contributed by atoms with Crippen molar-refractivity contribution in [3.8, 4) is 0 Å². The van der Waals surface area contributed by atoms with Gasteiger partial charge in [-0.05, 0) is 85.6 Å². The Morgan fingerprint density at radius 1 is 1.40 bits per heavy atom. The highest BCUT2D eigenvalue weighted by atomic mass is 127. The van der Waals surface area contributed by atoms with Crippen LogP contribution in [-0.4, -0.2) is 43.1 Å². The van der Waals surface area contributed by atoms with Gasteiger partial charge in [0.05, 0.1) is 0 Å². The van der Waals surface area contributed by atoms with Crippen LogP contribution in [0.4, 0.5) is 0 Å². The van der Waals surface area contributed by atoms with Crippen molar-refractivity contribution in [2.24, 2.45) is 5.41 Å². The van der Waals surface area contributed by atoms with E-state index < -0.39 is 0 Å². The first-order chi connectivity index (χ1) is 9.61. The van der Waals surface area contributed by atoms with Crippen molar-refractivity contribution >= 4 is 34.2 Å². The summed E-state index contributed by atoms with van der Waals surface area (Å²) in [5.74, 6) is 0.567. The van der Waals surface area contributed by atoms with Crippen LogP contribution in [-0.2, 0) is 0 Å². The van der Waals surface area contributed by atoms with Crippen LogP contribution in [0, 0.1) is 8.99 Å². The van der Waals surface area contributed by atoms with E-state index in [0.717, 1.165) is 13.1 Å². The summed E-state index contributed by atoms with van der Waals surface area (Å²) in [5, 5.41) is 4.20. The van der Waals surface area contributed by atoms with Crippen LogP contribution < -0.4 is 5.32 Å². The summed E-state index contributed by atoms with van der Waals surface area (Å²) >= 11 is 8.55. The lowest BCUT2D eigenvalue weighted by molar-refractivity contribution is 0.0648. The maximum absolute atomic E-state index is 6.14. The Balaban J connectivity index is 1.94. The minimum Gasteiger partial charge on any atom is -0.316 e. The fraction of sp³-hybridized carbons (Fsp3) is 0.667. The van der Waals surface area contributed by atoms with Crippen LogP contribution >= 0.6 is 34.2 Å². The monoisotopic (exact) mass is 405 g/mol. The molecule has 0 saturated carbocycles. The van der Waals surface area contributed by atoms with Crippen molar-refractivity contribution in [2.45, 2.75) is 25.2 Å². The fourth-order valence-electron chi connectivity index (χ4n) is 3.77. The Morgan fingerprint density at radius 3 is 2.90 bits per heavy atom. The number of hydrogen-bond acceptors (Lipinski definition) is 3. The Kier molecular flexibility index (Phi) is 4.55. The topological polar surface area (TPSA) is 28.2 Å². The van der Waals surface area contributed by atoms with Crippen molar-refractivity contribution in [1.29, 1.82) is 0 Å². The summed E-state index contributed by atoms with van der Waals surface area (Å²) in [6.45, 7) is 4.65. The number of hydrogen-bond donors (Lipinski definition) is 1. The smallest absolute Gasteiger partial charge is 0.129 e. The van der Waals surface area contributed by atoms with E-state index >= 15 is 0 Å². The van der Waals surface area contributed by atoms with Crippen LogP contribution in [0.15, 0.2) is 12.3 Å². The molecular formula is C15H21ClIN3. The van der Waals surface area contributed by atoms with Crippen LogP contribution in [0.25, 0.3) is 0 Å². The van der Waals surface area contributed by atoms with Gasteiger partial charge in [-0.2, -0.15) is 0 Å². The van der Waals surface area contributed by atoms with E-state index in [1.165, 1.54) is 41.5 Å². The number of halogens is 2. The summed E-state index contributed by atoms with van der Waals surface area (Å²) < 4.78 is 1.25. The van der Waals surface area contributed by atoms with E-state index in [-0.39, 0.29) is 0 Å². The molecule has 1 atom stereocenters. The number of piperidine rings is 2. The lowest BCUT2D eigenvalue weighted by Crippen LogP contribution is -2.49. The third-order valence-electron chi connectivity index (χ3n) is 5.10. The van der Waals surface area contributed by atoms with Crippen LogP contribution in [0.3, 0.4) is 0 Å². The standard InChI is InChI=1S/C15H21ClIN3/c1-20-6-3-15(4-7-20)2-5-18-9-12(15)11-8-14(16)19-10-13(11)17/h8,10,12,18H,2-7,9H2,1H3. The molecule has 110 valence electrons. The molecule has 0 amide bonds. The van der Waals surface area contributed by atoms with Gasteiger partial charge in [0.1, 0.15) is 5.15 Å². The minimum absolute atomic E-state index is 0.447. The van der Waals surface area contributed by atoms with Gasteiger partial charge < -0.3 is 10.2 Å². The lowest BCUT2D eigenvalue weighted by Gasteiger charge is -2.49. The average molecular weight is 406 g/mol. The molecule has 1 aromatic rings. The summed E-state index contributed by atoms with van der Waals surface area (Å²) in [6.07, 6.45) is 5.79. The van der Waals surface area contributed by atoms with Gasteiger partial charge in [-0.3, -0.25) is 0 Å². The molecule has 2 aliphatic rings. The zero-order valence-electron chi connectivity index (χ0n) is 11.8. The third kappa shape index (κ3) is 2.85. The molecule has 1 spiro atoms. The number of likely N-dealkylation sites (tertiary alicyclic amines) is 1. The molecular weight excluding hydrogens is 385 g/mol. The van der Waals surface area contributed by atoms with Gasteiger partial charge in [0.15, 0.2) is 0 Å². The van der Waals surface area contributed by atoms with E-state index in [2.05, 4.69) is 50.9 Å². The van der Waals surface area contributed by atoms with Gasteiger partial charge in [0.2, 0.25) is 0 Å². The Bertz CT molecular complexity index is 486. The summed E-state index contributed by atoms with van der Waals surface area (Å²) in [5.41, 5.74) is 1.84. The quantitative estimate of drug-likeness (QED) is 0.575. The highest BCUT2D eigenvalue weighted by Gasteiger charge is 2.43. The second-order valence-corrected chi connectivity index (χ2v) is 7.75. The van der Waals surface area contributed by atoms with Gasteiger partial charge >= 0.3 is 0 Å². The zero-order chi connectivity index (χ0) is 14.2. The molecule has 0 radical (unpaired) electrons. The van der Waals surface area contributed by atoms with Crippen molar-refractivity contribution in [1.82, 2.24) is 15.2 Å². The number of aromatic nitrogens is 1. The lowest BCUT2D eigenvalue weighted by atomic mass is 9.63. The molecule has 1 unspecified atom stereocenters. The fourth-order valence-corrected chi connectivity index (χ4v) is 4.61. The maximum Gasteiger partial charge on any atom is 0.129 e. The number of nitrogens with zero attached hydrogens (tertiary/aromatic N) is 2. The van der Waals surface area contributed by atoms with E-state index in [0.29, 0.717) is 16.5 Å². The molecule has 2 saturated heterocycles. The Morgan fingerprint density at radius 2 is 2.15 bits per heavy atom. The maximum atomic E-state index is 6.14. The minimum atomic E-state index is 0.447. The Labute approximate surface area is 139 Å². The third-order valence-corrected chi connectivity index (χ3v) is 6.21. The van der Waals surface area contributed by atoms with E-state index in [1.54, 1.807) is 0 Å². The zero-order valence-corrected chi connectivity index (χ0v) is 14.7. The predicted molar refractivity (Wildman–Crippen MR) is 91.4 cm³/mol. The SMILES string of the molecule is CN1CCC2(CCNCC2c2cc(Cl)ncc2I)CC1. The molecule has 20 heavy (non-hydrogen) atoms. The summed E-state index contributed by atoms with van der Waals surface area (Å²) in [7, 11) is 2.23. The summed E-state index contributed by atoms with van der Waals surface area (Å²) in [6, 6.07) is 2.08. The van der Waals surface area contributed by atoms with Gasteiger partial charge in [0, 0.05) is 22.2 Å². The largest absolute Gasteiger partial charge is 0.316 e. The molecule has 1 N–H and O–H groups in total. The number of pyridine rings is 1. The van der Waals surface area contributed by atoms with E-state index in [4.69, 9.17) is 11.6 Å². The molecule has 3 heterocycles. The van der Waals surface area contributed by atoms with E-state index in [9.17, 15) is 0 Å². The second-order valence-electron chi connectivity index (χ2n) is 6.20. The highest BCUT2D eigenvalue weighted by Crippen LogP contribution is 2.49. The van der Waals surface area contributed by atoms with Gasteiger partial charge in [0.25, 0.3) is 0 Å². The van der Waals surface area contributed by atoms with Gasteiger partial charge in [-0.25, -0.2) is 4.98 Å². The number of rotatable bonds is 1. The first kappa shape index (κ1) is 15.0. The molecule has 3 nitrogen and oxygen atoms in total. The second kappa shape index (κ2) is 6.07.